The van der Waals surface area contributed by atoms with Crippen LogP contribution in [0.2, 0.25) is 0 Å². The van der Waals surface area contributed by atoms with E-state index in [0.717, 1.165) is 24.1 Å². The number of rotatable bonds is 0. The number of anilines is 1. The Balaban J connectivity index is 2.21. The summed E-state index contributed by atoms with van der Waals surface area (Å²) < 4.78 is 0. The summed E-state index contributed by atoms with van der Waals surface area (Å²) in [7, 11) is 0. The summed E-state index contributed by atoms with van der Waals surface area (Å²) in [5.74, 6) is 0.104. The van der Waals surface area contributed by atoms with Gasteiger partial charge in [0.1, 0.15) is 0 Å². The highest BCUT2D eigenvalue weighted by Gasteiger charge is 2.20. The van der Waals surface area contributed by atoms with Crippen molar-refractivity contribution in [1.29, 1.82) is 0 Å². The second-order valence-electron chi connectivity index (χ2n) is 4.23. The zero-order valence-corrected chi connectivity index (χ0v) is 8.99. The van der Waals surface area contributed by atoms with Gasteiger partial charge in [0.15, 0.2) is 0 Å². The molecule has 1 aromatic carbocycles. The first-order valence-electron chi connectivity index (χ1n) is 5.62. The summed E-state index contributed by atoms with van der Waals surface area (Å²) in [5.41, 5.74) is 4.59. The second-order valence-corrected chi connectivity index (χ2v) is 4.23. The predicted octanol–water partition coefficient (Wildman–Crippen LogP) is 3.13. The fraction of sp³-hybridized carbons (Fsp3) is 0.214. The Morgan fingerprint density at radius 2 is 2.06 bits per heavy atom. The topological polar surface area (TPSA) is 29.1 Å². The van der Waals surface area contributed by atoms with Gasteiger partial charge in [-0.05, 0) is 24.5 Å². The lowest BCUT2D eigenvalue weighted by Gasteiger charge is -2.13. The summed E-state index contributed by atoms with van der Waals surface area (Å²) in [5, 5.41) is 2.96. The van der Waals surface area contributed by atoms with Crippen LogP contribution < -0.4 is 5.32 Å². The van der Waals surface area contributed by atoms with Gasteiger partial charge in [0.2, 0.25) is 5.91 Å². The monoisotopic (exact) mass is 211 g/mol. The molecule has 80 valence electrons. The van der Waals surface area contributed by atoms with Crippen LogP contribution in [-0.4, -0.2) is 5.91 Å². The Morgan fingerprint density at radius 1 is 1.19 bits per heavy atom. The molecule has 1 aliphatic carbocycles. The Labute approximate surface area is 94.7 Å². The van der Waals surface area contributed by atoms with Gasteiger partial charge >= 0.3 is 0 Å². The Morgan fingerprint density at radius 3 is 3.00 bits per heavy atom. The zero-order chi connectivity index (χ0) is 11.0. The van der Waals surface area contributed by atoms with Crippen molar-refractivity contribution in [2.24, 2.45) is 0 Å². The number of carbonyl (C=O) groups is 1. The van der Waals surface area contributed by atoms with Gasteiger partial charge in [0.05, 0.1) is 0 Å². The molecule has 3 rings (SSSR count). The molecule has 2 heteroatoms. The number of carbonyl (C=O) groups excluding carboxylic acids is 1. The zero-order valence-electron chi connectivity index (χ0n) is 8.99. The highest BCUT2D eigenvalue weighted by molar-refractivity contribution is 6.01. The van der Waals surface area contributed by atoms with Crippen molar-refractivity contribution in [3.05, 3.63) is 47.6 Å². The average molecular weight is 211 g/mol. The number of hydrogen-bond donors (Lipinski definition) is 1. The van der Waals surface area contributed by atoms with Gasteiger partial charge in [0.25, 0.3) is 0 Å². The second kappa shape index (κ2) is 3.63. The smallest absolute Gasteiger partial charge is 0.228 e. The van der Waals surface area contributed by atoms with E-state index in [2.05, 4.69) is 23.5 Å². The molecular formula is C14H13NO. The molecule has 2 aliphatic rings. The standard InChI is InChI=1S/C14H13NO/c16-14-9-10-5-1-2-6-11(10)12-7-3-4-8-13(12)15-14/h2-4,6-8H,1,5,9H2,(H,15,16). The molecule has 1 heterocycles. The van der Waals surface area contributed by atoms with Gasteiger partial charge in [0, 0.05) is 17.7 Å². The summed E-state index contributed by atoms with van der Waals surface area (Å²) >= 11 is 0. The summed E-state index contributed by atoms with van der Waals surface area (Å²) in [6.07, 6.45) is 6.93. The fourth-order valence-corrected chi connectivity index (χ4v) is 2.39. The van der Waals surface area contributed by atoms with Crippen molar-refractivity contribution in [2.45, 2.75) is 19.3 Å². The molecule has 1 aromatic rings. The average Bonchev–Trinajstić information content (AvgIpc) is 2.44. The minimum absolute atomic E-state index is 0.104. The minimum Gasteiger partial charge on any atom is -0.325 e. The summed E-state index contributed by atoms with van der Waals surface area (Å²) in [6.45, 7) is 0. The lowest BCUT2D eigenvalue weighted by atomic mass is 9.91. The van der Waals surface area contributed by atoms with E-state index in [1.807, 2.05) is 18.2 Å². The van der Waals surface area contributed by atoms with E-state index in [1.54, 1.807) is 0 Å². The highest BCUT2D eigenvalue weighted by Crippen LogP contribution is 2.35. The number of allylic oxidation sites excluding steroid dienone is 3. The summed E-state index contributed by atoms with van der Waals surface area (Å²) in [6, 6.07) is 8.01. The number of hydrogen-bond acceptors (Lipinski definition) is 1. The SMILES string of the molecule is O=C1CC2=C(C=CCC2)c2ccccc2N1. The number of benzene rings is 1. The van der Waals surface area contributed by atoms with E-state index in [9.17, 15) is 4.79 Å². The maximum absolute atomic E-state index is 11.7. The first-order valence-corrected chi connectivity index (χ1v) is 5.62. The molecule has 0 saturated heterocycles. The number of fused-ring (bicyclic) bond motifs is 2. The highest BCUT2D eigenvalue weighted by atomic mass is 16.1. The van der Waals surface area contributed by atoms with Crippen LogP contribution in [0.15, 0.2) is 42.0 Å². The van der Waals surface area contributed by atoms with Crippen LogP contribution in [0.4, 0.5) is 5.69 Å². The van der Waals surface area contributed by atoms with Gasteiger partial charge < -0.3 is 5.32 Å². The van der Waals surface area contributed by atoms with E-state index in [-0.39, 0.29) is 5.91 Å². The van der Waals surface area contributed by atoms with Crippen molar-refractivity contribution in [3.63, 3.8) is 0 Å². The number of para-hydroxylation sites is 1. The predicted molar refractivity (Wildman–Crippen MR) is 65.0 cm³/mol. The van der Waals surface area contributed by atoms with Crippen LogP contribution in [0.25, 0.3) is 5.57 Å². The Kier molecular flexibility index (Phi) is 2.13. The summed E-state index contributed by atoms with van der Waals surface area (Å²) in [4.78, 5) is 11.7. The first kappa shape index (κ1) is 9.40. The number of amides is 1. The van der Waals surface area contributed by atoms with Crippen molar-refractivity contribution in [3.8, 4) is 0 Å². The van der Waals surface area contributed by atoms with Crippen molar-refractivity contribution < 1.29 is 4.79 Å². The normalized spacial score (nSPS) is 18.6. The lowest BCUT2D eigenvalue weighted by Crippen LogP contribution is -2.10. The molecule has 0 bridgehead atoms. The Bertz CT molecular complexity index is 511. The van der Waals surface area contributed by atoms with E-state index in [0.29, 0.717) is 6.42 Å². The van der Waals surface area contributed by atoms with E-state index < -0.39 is 0 Å². The molecule has 16 heavy (non-hydrogen) atoms. The largest absolute Gasteiger partial charge is 0.325 e. The van der Waals surface area contributed by atoms with E-state index >= 15 is 0 Å². The van der Waals surface area contributed by atoms with Crippen molar-refractivity contribution in [1.82, 2.24) is 0 Å². The minimum atomic E-state index is 0.104. The van der Waals surface area contributed by atoms with Crippen molar-refractivity contribution in [2.75, 3.05) is 5.32 Å². The van der Waals surface area contributed by atoms with E-state index in [4.69, 9.17) is 0 Å². The third-order valence-electron chi connectivity index (χ3n) is 3.14. The maximum Gasteiger partial charge on any atom is 0.228 e. The molecule has 0 saturated carbocycles. The molecule has 0 aromatic heterocycles. The first-order chi connectivity index (χ1) is 7.84. The third kappa shape index (κ3) is 1.47. The van der Waals surface area contributed by atoms with Gasteiger partial charge in [-0.15, -0.1) is 0 Å². The van der Waals surface area contributed by atoms with Gasteiger partial charge in [-0.2, -0.15) is 0 Å². The molecule has 0 fully saturated rings. The van der Waals surface area contributed by atoms with Gasteiger partial charge in [-0.25, -0.2) is 0 Å². The van der Waals surface area contributed by atoms with Crippen LogP contribution in [0, 0.1) is 0 Å². The molecule has 1 N–H and O–H groups in total. The van der Waals surface area contributed by atoms with Crippen LogP contribution in [0.1, 0.15) is 24.8 Å². The van der Waals surface area contributed by atoms with Crippen LogP contribution >= 0.6 is 0 Å². The molecule has 0 spiro atoms. The molecule has 0 atom stereocenters. The van der Waals surface area contributed by atoms with Gasteiger partial charge in [-0.3, -0.25) is 4.79 Å². The third-order valence-corrected chi connectivity index (χ3v) is 3.14. The molecule has 0 unspecified atom stereocenters. The molecule has 2 nitrogen and oxygen atoms in total. The van der Waals surface area contributed by atoms with E-state index in [1.165, 1.54) is 11.1 Å². The van der Waals surface area contributed by atoms with Crippen molar-refractivity contribution >= 4 is 17.2 Å². The Hall–Kier alpha value is -1.83. The van der Waals surface area contributed by atoms with Gasteiger partial charge in [-0.1, -0.05) is 35.9 Å². The fourth-order valence-electron chi connectivity index (χ4n) is 2.39. The quantitative estimate of drug-likeness (QED) is 0.701. The maximum atomic E-state index is 11.7. The molecule has 1 amide bonds. The lowest BCUT2D eigenvalue weighted by molar-refractivity contribution is -0.115. The number of nitrogens with one attached hydrogen (secondary N) is 1. The van der Waals surface area contributed by atoms with Crippen LogP contribution in [-0.2, 0) is 4.79 Å². The molecule has 1 aliphatic heterocycles. The molecule has 0 radical (unpaired) electrons. The van der Waals surface area contributed by atoms with Crippen LogP contribution in [0.3, 0.4) is 0 Å². The van der Waals surface area contributed by atoms with Crippen LogP contribution in [0.5, 0.6) is 0 Å². The molecular weight excluding hydrogens is 198 g/mol.